The van der Waals surface area contributed by atoms with E-state index in [0.29, 0.717) is 49.1 Å². The van der Waals surface area contributed by atoms with E-state index in [2.05, 4.69) is 0 Å². The van der Waals surface area contributed by atoms with E-state index in [1.165, 1.54) is 4.90 Å². The number of aliphatic carboxylic acids is 1. The second-order valence-corrected chi connectivity index (χ2v) is 6.37. The number of carbonyl (C=O) groups is 2. The maximum Gasteiger partial charge on any atom is 0.323 e. The molecule has 1 aliphatic heterocycles. The van der Waals surface area contributed by atoms with Crippen LogP contribution in [-0.2, 0) is 20.7 Å². The number of carbonyl (C=O) groups excluding carboxylic acids is 1. The molecule has 0 saturated carbocycles. The van der Waals surface area contributed by atoms with Gasteiger partial charge >= 0.3 is 5.97 Å². The minimum Gasteiger partial charge on any atom is -0.480 e. The van der Waals surface area contributed by atoms with Crippen LogP contribution in [0.15, 0.2) is 18.2 Å². The number of benzene rings is 1. The topological polar surface area (TPSA) is 66.8 Å². The number of halogens is 2. The molecule has 0 aliphatic carbocycles. The summed E-state index contributed by atoms with van der Waals surface area (Å²) in [7, 11) is 0. The molecule has 5 nitrogen and oxygen atoms in total. The third-order valence-electron chi connectivity index (χ3n) is 3.87. The number of nitrogens with zero attached hydrogens (tertiary/aromatic N) is 1. The first-order valence-electron chi connectivity index (χ1n) is 7.49. The Morgan fingerprint density at radius 3 is 2.57 bits per heavy atom. The molecule has 0 bridgehead atoms. The largest absolute Gasteiger partial charge is 0.480 e. The van der Waals surface area contributed by atoms with Crippen molar-refractivity contribution in [1.82, 2.24) is 4.90 Å². The molecular formula is C16H19Cl2NO4. The third kappa shape index (κ3) is 5.37. The van der Waals surface area contributed by atoms with E-state index in [4.69, 9.17) is 33.0 Å². The van der Waals surface area contributed by atoms with Crippen LogP contribution in [0.5, 0.6) is 0 Å². The van der Waals surface area contributed by atoms with E-state index in [1.54, 1.807) is 18.2 Å². The molecular weight excluding hydrogens is 341 g/mol. The number of hydrogen-bond donors (Lipinski definition) is 1. The van der Waals surface area contributed by atoms with Crippen molar-refractivity contribution in [3.05, 3.63) is 33.8 Å². The zero-order valence-electron chi connectivity index (χ0n) is 12.6. The van der Waals surface area contributed by atoms with E-state index < -0.39 is 5.97 Å². The van der Waals surface area contributed by atoms with Gasteiger partial charge in [0.15, 0.2) is 0 Å². The second-order valence-electron chi connectivity index (χ2n) is 5.53. The zero-order valence-corrected chi connectivity index (χ0v) is 14.1. The van der Waals surface area contributed by atoms with Gasteiger partial charge in [0.1, 0.15) is 6.54 Å². The number of carboxylic acids is 1. The second kappa shape index (κ2) is 8.52. The van der Waals surface area contributed by atoms with Gasteiger partial charge < -0.3 is 14.7 Å². The van der Waals surface area contributed by atoms with Gasteiger partial charge in [-0.05, 0) is 37.0 Å². The minimum atomic E-state index is -1.02. The summed E-state index contributed by atoms with van der Waals surface area (Å²) in [6.45, 7) is 1.09. The molecule has 1 aromatic carbocycles. The van der Waals surface area contributed by atoms with Gasteiger partial charge in [-0.3, -0.25) is 9.59 Å². The van der Waals surface area contributed by atoms with E-state index in [9.17, 15) is 9.59 Å². The van der Waals surface area contributed by atoms with E-state index in [0.717, 1.165) is 5.56 Å². The first-order chi connectivity index (χ1) is 11.0. The Morgan fingerprint density at radius 1 is 1.26 bits per heavy atom. The van der Waals surface area contributed by atoms with Crippen molar-refractivity contribution < 1.29 is 19.4 Å². The van der Waals surface area contributed by atoms with Crippen LogP contribution in [-0.4, -0.2) is 48.2 Å². The first-order valence-corrected chi connectivity index (χ1v) is 8.25. The van der Waals surface area contributed by atoms with Crippen LogP contribution in [0.2, 0.25) is 10.0 Å². The molecule has 0 aromatic heterocycles. The van der Waals surface area contributed by atoms with Gasteiger partial charge in [0.2, 0.25) is 5.91 Å². The van der Waals surface area contributed by atoms with E-state index >= 15 is 0 Å². The van der Waals surface area contributed by atoms with Crippen molar-refractivity contribution in [2.45, 2.75) is 19.3 Å². The average Bonchev–Trinajstić information content (AvgIpc) is 2.52. The number of rotatable bonds is 6. The van der Waals surface area contributed by atoms with Crippen LogP contribution < -0.4 is 0 Å². The smallest absolute Gasteiger partial charge is 0.323 e. The Kier molecular flexibility index (Phi) is 6.69. The molecule has 1 fully saturated rings. The molecule has 1 saturated heterocycles. The van der Waals surface area contributed by atoms with Crippen LogP contribution in [0.3, 0.4) is 0 Å². The standard InChI is InChI=1S/C16H19Cl2NO4/c17-13-2-1-11(14(18)9-13)3-6-19(10-15(20)21)16(22)12-4-7-23-8-5-12/h1-2,9,12H,3-8,10H2,(H,20,21). The molecule has 0 atom stereocenters. The van der Waals surface area contributed by atoms with Crippen molar-refractivity contribution in [2.75, 3.05) is 26.3 Å². The summed E-state index contributed by atoms with van der Waals surface area (Å²) in [5, 5.41) is 10.1. The van der Waals surface area contributed by atoms with Crippen LogP contribution in [0.4, 0.5) is 0 Å². The van der Waals surface area contributed by atoms with Gasteiger partial charge in [0.05, 0.1) is 0 Å². The lowest BCUT2D eigenvalue weighted by molar-refractivity contribution is -0.147. The summed E-state index contributed by atoms with van der Waals surface area (Å²) in [6, 6.07) is 5.16. The molecule has 0 radical (unpaired) electrons. The quantitative estimate of drug-likeness (QED) is 0.847. The van der Waals surface area contributed by atoms with Crippen LogP contribution in [0, 0.1) is 5.92 Å². The summed E-state index contributed by atoms with van der Waals surface area (Å²) in [5.74, 6) is -1.31. The molecule has 0 unspecified atom stereocenters. The lowest BCUT2D eigenvalue weighted by Crippen LogP contribution is -2.42. The zero-order chi connectivity index (χ0) is 16.8. The van der Waals surface area contributed by atoms with E-state index in [1.807, 2.05) is 0 Å². The van der Waals surface area contributed by atoms with Crippen molar-refractivity contribution in [1.29, 1.82) is 0 Å². The molecule has 0 spiro atoms. The molecule has 2 rings (SSSR count). The fourth-order valence-electron chi connectivity index (χ4n) is 2.61. The fraction of sp³-hybridized carbons (Fsp3) is 0.500. The highest BCUT2D eigenvalue weighted by Gasteiger charge is 2.27. The van der Waals surface area contributed by atoms with Crippen molar-refractivity contribution in [3.8, 4) is 0 Å². The highest BCUT2D eigenvalue weighted by atomic mass is 35.5. The highest BCUT2D eigenvalue weighted by molar-refractivity contribution is 6.35. The molecule has 1 aliphatic rings. The minimum absolute atomic E-state index is 0.124. The molecule has 1 N–H and O–H groups in total. The normalized spacial score (nSPS) is 15.4. The van der Waals surface area contributed by atoms with E-state index in [-0.39, 0.29) is 18.4 Å². The third-order valence-corrected chi connectivity index (χ3v) is 4.46. The number of carboxylic acid groups (broad SMARTS) is 1. The number of hydrogen-bond acceptors (Lipinski definition) is 3. The molecule has 1 heterocycles. The molecule has 1 aromatic rings. The van der Waals surface area contributed by atoms with Gasteiger partial charge in [-0.25, -0.2) is 0 Å². The van der Waals surface area contributed by atoms with Crippen molar-refractivity contribution in [3.63, 3.8) is 0 Å². The Balaban J connectivity index is 2.02. The summed E-state index contributed by atoms with van der Waals surface area (Å²) < 4.78 is 5.25. The Morgan fingerprint density at radius 2 is 1.96 bits per heavy atom. The SMILES string of the molecule is O=C(O)CN(CCc1ccc(Cl)cc1Cl)C(=O)C1CCOCC1. The molecule has 126 valence electrons. The van der Waals surface area contributed by atoms with Crippen LogP contribution >= 0.6 is 23.2 Å². The van der Waals surface area contributed by atoms with Gasteiger partial charge in [-0.1, -0.05) is 29.3 Å². The fourth-order valence-corrected chi connectivity index (χ4v) is 3.12. The maximum absolute atomic E-state index is 12.5. The summed E-state index contributed by atoms with van der Waals surface area (Å²) in [4.78, 5) is 25.0. The highest BCUT2D eigenvalue weighted by Crippen LogP contribution is 2.22. The lowest BCUT2D eigenvalue weighted by atomic mass is 9.98. The summed E-state index contributed by atoms with van der Waals surface area (Å²) in [6.07, 6.45) is 1.76. The number of ether oxygens (including phenoxy) is 1. The van der Waals surface area contributed by atoms with Gasteiger partial charge in [-0.15, -0.1) is 0 Å². The molecule has 23 heavy (non-hydrogen) atoms. The molecule has 1 amide bonds. The predicted octanol–water partition coefficient (Wildman–Crippen LogP) is 2.88. The van der Waals surface area contributed by atoms with Gasteiger partial charge in [0, 0.05) is 35.7 Å². The van der Waals surface area contributed by atoms with Crippen molar-refractivity contribution >= 4 is 35.1 Å². The number of amides is 1. The summed E-state index contributed by atoms with van der Waals surface area (Å²) >= 11 is 12.0. The predicted molar refractivity (Wildman–Crippen MR) is 87.9 cm³/mol. The Hall–Kier alpha value is -1.30. The van der Waals surface area contributed by atoms with Gasteiger partial charge in [0.25, 0.3) is 0 Å². The average molecular weight is 360 g/mol. The first kappa shape index (κ1) is 18.0. The van der Waals surface area contributed by atoms with Crippen LogP contribution in [0.1, 0.15) is 18.4 Å². The van der Waals surface area contributed by atoms with Crippen LogP contribution in [0.25, 0.3) is 0 Å². The van der Waals surface area contributed by atoms with Gasteiger partial charge in [-0.2, -0.15) is 0 Å². The monoisotopic (exact) mass is 359 g/mol. The Bertz CT molecular complexity index is 573. The molecule has 7 heteroatoms. The Labute approximate surface area is 145 Å². The maximum atomic E-state index is 12.5. The summed E-state index contributed by atoms with van der Waals surface area (Å²) in [5.41, 5.74) is 0.839. The van der Waals surface area contributed by atoms with Crippen molar-refractivity contribution in [2.24, 2.45) is 5.92 Å². The lowest BCUT2D eigenvalue weighted by Gasteiger charge is -2.28.